The van der Waals surface area contributed by atoms with Crippen LogP contribution in [0.5, 0.6) is 5.75 Å². The van der Waals surface area contributed by atoms with Gasteiger partial charge in [0.2, 0.25) is 0 Å². The third-order valence-corrected chi connectivity index (χ3v) is 5.83. The summed E-state index contributed by atoms with van der Waals surface area (Å²) >= 11 is 0. The Morgan fingerprint density at radius 3 is 2.61 bits per heavy atom. The van der Waals surface area contributed by atoms with Gasteiger partial charge in [-0.3, -0.25) is 4.79 Å². The number of amides is 1. The van der Waals surface area contributed by atoms with Crippen molar-refractivity contribution in [1.29, 1.82) is 0 Å². The lowest BCUT2D eigenvalue weighted by molar-refractivity contribution is -0.242. The number of likely N-dealkylation sites (N-methyl/N-ethyl adjacent to an activating group) is 1. The fraction of sp³-hybridized carbons (Fsp3) is 0.348. The van der Waals surface area contributed by atoms with Crippen LogP contribution >= 0.6 is 0 Å². The Kier molecular flexibility index (Phi) is 7.54. The lowest BCUT2D eigenvalue weighted by atomic mass is 9.95. The van der Waals surface area contributed by atoms with E-state index in [2.05, 4.69) is 10.3 Å². The number of hydrogen-bond donors (Lipinski definition) is 3. The molecule has 13 heteroatoms. The molecule has 1 aliphatic rings. The molecule has 0 aliphatic carbocycles. The molecule has 1 aromatic heterocycles. The minimum absolute atomic E-state index is 0.0882. The Labute approximate surface area is 203 Å². The number of aliphatic hydroxyl groups is 3. The molecule has 0 saturated carbocycles. The molecule has 5 atom stereocenters. The van der Waals surface area contributed by atoms with Crippen molar-refractivity contribution in [3.8, 4) is 17.0 Å². The second-order valence-electron chi connectivity index (χ2n) is 8.18. The van der Waals surface area contributed by atoms with Gasteiger partial charge in [0.15, 0.2) is 24.5 Å². The number of ether oxygens (including phenoxy) is 2. The summed E-state index contributed by atoms with van der Waals surface area (Å²) in [5.41, 5.74) is 0.677. The zero-order valence-corrected chi connectivity index (χ0v) is 18.9. The molecule has 1 saturated heterocycles. The van der Waals surface area contributed by atoms with Crippen LogP contribution in [0.3, 0.4) is 0 Å². The van der Waals surface area contributed by atoms with E-state index in [0.29, 0.717) is 5.56 Å². The maximum atomic E-state index is 13.6. The maximum absolute atomic E-state index is 13.6. The molecule has 1 unspecified atom stereocenters. The first-order valence-electron chi connectivity index (χ1n) is 10.8. The molecular formula is C23H23F3N4O6. The van der Waals surface area contributed by atoms with Crippen molar-refractivity contribution in [3.63, 3.8) is 0 Å². The van der Waals surface area contributed by atoms with Crippen molar-refractivity contribution in [2.45, 2.75) is 30.6 Å². The molecule has 1 aliphatic heterocycles. The zero-order valence-electron chi connectivity index (χ0n) is 18.9. The number of halogens is 3. The SMILES string of the molecule is CN(C(=O)COc1ccc(F)c(F)c1)[C@@H]1O[C@H](CO)[C@H](O)C(n2cc(-c3cccc(F)c3)nn2)[C@H]1O. The van der Waals surface area contributed by atoms with E-state index in [1.54, 1.807) is 6.07 Å². The van der Waals surface area contributed by atoms with E-state index in [1.165, 1.54) is 31.4 Å². The molecule has 2 aromatic carbocycles. The molecule has 3 N–H and O–H groups in total. The molecule has 0 radical (unpaired) electrons. The maximum Gasteiger partial charge on any atom is 0.262 e. The van der Waals surface area contributed by atoms with Crippen LogP contribution in [0.2, 0.25) is 0 Å². The van der Waals surface area contributed by atoms with Gasteiger partial charge in [0.05, 0.1) is 12.8 Å². The lowest BCUT2D eigenvalue weighted by Crippen LogP contribution is -2.61. The molecule has 10 nitrogen and oxygen atoms in total. The van der Waals surface area contributed by atoms with Crippen LogP contribution in [0, 0.1) is 17.5 Å². The topological polar surface area (TPSA) is 130 Å². The standard InChI is InChI=1S/C23H23F3N4O6/c1-29(19(32)11-35-14-5-6-15(25)16(26)8-14)23-22(34)20(21(33)18(10-31)36-23)30-9-17(27-28-30)12-3-2-4-13(24)7-12/h2-9,18,20-23,31,33-34H,10-11H2,1H3/t18-,20?,21+,22-,23-/m1/s1. The monoisotopic (exact) mass is 508 g/mol. The fourth-order valence-electron chi connectivity index (χ4n) is 3.87. The van der Waals surface area contributed by atoms with E-state index < -0.39 is 67.2 Å². The van der Waals surface area contributed by atoms with Crippen molar-refractivity contribution < 1.29 is 42.8 Å². The van der Waals surface area contributed by atoms with E-state index in [9.17, 15) is 33.3 Å². The minimum Gasteiger partial charge on any atom is -0.484 e. The predicted octanol–water partition coefficient (Wildman–Crippen LogP) is 0.880. The molecule has 0 spiro atoms. The van der Waals surface area contributed by atoms with Crippen LogP contribution in [0.4, 0.5) is 13.2 Å². The summed E-state index contributed by atoms with van der Waals surface area (Å²) in [4.78, 5) is 13.7. The third kappa shape index (κ3) is 5.18. The minimum atomic E-state index is -1.54. The Bertz CT molecular complexity index is 1230. The Morgan fingerprint density at radius 1 is 1.14 bits per heavy atom. The summed E-state index contributed by atoms with van der Waals surface area (Å²) < 4.78 is 52.0. The van der Waals surface area contributed by atoms with Crippen LogP contribution in [-0.4, -0.2) is 85.9 Å². The first-order valence-corrected chi connectivity index (χ1v) is 10.8. The average molecular weight is 508 g/mol. The number of rotatable bonds is 7. The van der Waals surface area contributed by atoms with Gasteiger partial charge >= 0.3 is 0 Å². The summed E-state index contributed by atoms with van der Waals surface area (Å²) in [5.74, 6) is -3.49. The van der Waals surface area contributed by atoms with Crippen LogP contribution in [-0.2, 0) is 9.53 Å². The summed E-state index contributed by atoms with van der Waals surface area (Å²) in [6, 6.07) is 7.18. The lowest BCUT2D eigenvalue weighted by Gasteiger charge is -2.45. The van der Waals surface area contributed by atoms with Crippen molar-refractivity contribution in [3.05, 3.63) is 66.1 Å². The Hall–Kier alpha value is -3.52. The van der Waals surface area contributed by atoms with Gasteiger partial charge in [-0.2, -0.15) is 0 Å². The van der Waals surface area contributed by atoms with Crippen molar-refractivity contribution in [2.75, 3.05) is 20.3 Å². The van der Waals surface area contributed by atoms with Gasteiger partial charge in [-0.05, 0) is 24.3 Å². The molecule has 192 valence electrons. The average Bonchev–Trinajstić information content (AvgIpc) is 3.34. The molecule has 36 heavy (non-hydrogen) atoms. The van der Waals surface area contributed by atoms with Gasteiger partial charge in [-0.25, -0.2) is 17.9 Å². The molecule has 0 bridgehead atoms. The summed E-state index contributed by atoms with van der Waals surface area (Å²) in [6.45, 7) is -1.24. The number of nitrogens with zero attached hydrogens (tertiary/aromatic N) is 4. The van der Waals surface area contributed by atoms with E-state index >= 15 is 0 Å². The van der Waals surface area contributed by atoms with Crippen molar-refractivity contribution in [2.24, 2.45) is 0 Å². The Balaban J connectivity index is 1.52. The van der Waals surface area contributed by atoms with Crippen LogP contribution in [0.1, 0.15) is 6.04 Å². The van der Waals surface area contributed by atoms with Crippen LogP contribution < -0.4 is 4.74 Å². The molecule has 1 amide bonds. The highest BCUT2D eigenvalue weighted by molar-refractivity contribution is 5.77. The number of aromatic nitrogens is 3. The first kappa shape index (κ1) is 25.6. The van der Waals surface area contributed by atoms with Crippen LogP contribution in [0.15, 0.2) is 48.7 Å². The normalized spacial score (nSPS) is 23.9. The molecule has 4 rings (SSSR count). The summed E-state index contributed by atoms with van der Waals surface area (Å²) in [5, 5.41) is 39.4. The highest BCUT2D eigenvalue weighted by Crippen LogP contribution is 2.32. The second kappa shape index (κ2) is 10.6. The van der Waals surface area contributed by atoms with Gasteiger partial charge in [-0.15, -0.1) is 5.10 Å². The highest BCUT2D eigenvalue weighted by atomic mass is 19.2. The van der Waals surface area contributed by atoms with E-state index in [4.69, 9.17) is 9.47 Å². The molecule has 2 heterocycles. The quantitative estimate of drug-likeness (QED) is 0.429. The second-order valence-corrected chi connectivity index (χ2v) is 8.18. The number of carbonyl (C=O) groups is 1. The molecular weight excluding hydrogens is 485 g/mol. The summed E-state index contributed by atoms with van der Waals surface area (Å²) in [6.07, 6.45) is -4.14. The smallest absolute Gasteiger partial charge is 0.262 e. The van der Waals surface area contributed by atoms with Gasteiger partial charge in [0, 0.05) is 18.7 Å². The van der Waals surface area contributed by atoms with Crippen LogP contribution in [0.25, 0.3) is 11.3 Å². The fourth-order valence-corrected chi connectivity index (χ4v) is 3.87. The van der Waals surface area contributed by atoms with Gasteiger partial charge < -0.3 is 29.7 Å². The van der Waals surface area contributed by atoms with Crippen molar-refractivity contribution in [1.82, 2.24) is 19.9 Å². The van der Waals surface area contributed by atoms with E-state index in [-0.39, 0.29) is 11.4 Å². The first-order chi connectivity index (χ1) is 17.2. The van der Waals surface area contributed by atoms with E-state index in [1.807, 2.05) is 0 Å². The molecule has 1 fully saturated rings. The number of benzene rings is 2. The molecule has 3 aromatic rings. The zero-order chi connectivity index (χ0) is 26.0. The Morgan fingerprint density at radius 2 is 1.92 bits per heavy atom. The van der Waals surface area contributed by atoms with Gasteiger partial charge in [0.25, 0.3) is 5.91 Å². The third-order valence-electron chi connectivity index (χ3n) is 5.83. The van der Waals surface area contributed by atoms with E-state index in [0.717, 1.165) is 27.8 Å². The van der Waals surface area contributed by atoms with Gasteiger partial charge in [0.1, 0.15) is 41.6 Å². The van der Waals surface area contributed by atoms with Gasteiger partial charge in [-0.1, -0.05) is 17.3 Å². The highest BCUT2D eigenvalue weighted by Gasteiger charge is 2.48. The number of aliphatic hydroxyl groups excluding tert-OH is 3. The number of carbonyl (C=O) groups excluding carboxylic acids is 1. The predicted molar refractivity (Wildman–Crippen MR) is 117 cm³/mol. The van der Waals surface area contributed by atoms with Crippen molar-refractivity contribution >= 4 is 5.91 Å². The number of hydrogen-bond acceptors (Lipinski definition) is 8. The largest absolute Gasteiger partial charge is 0.484 e. The summed E-state index contributed by atoms with van der Waals surface area (Å²) in [7, 11) is 1.30.